The zero-order valence-corrected chi connectivity index (χ0v) is 14.9. The molecule has 0 radical (unpaired) electrons. The molecule has 0 saturated heterocycles. The highest BCUT2D eigenvalue weighted by atomic mass is 28.4. The fourth-order valence-electron chi connectivity index (χ4n) is 2.35. The first-order valence-electron chi connectivity index (χ1n) is 7.45. The molecule has 0 aromatic carbocycles. The summed E-state index contributed by atoms with van der Waals surface area (Å²) in [5.74, 6) is 0.504. The first-order chi connectivity index (χ1) is 8.38. The van der Waals surface area contributed by atoms with Crippen LogP contribution in [0.5, 0.6) is 0 Å². The van der Waals surface area contributed by atoms with Crippen LogP contribution in [0.25, 0.3) is 0 Å². The van der Waals surface area contributed by atoms with Crippen molar-refractivity contribution in [2.75, 3.05) is 0 Å². The highest BCUT2D eigenvalue weighted by molar-refractivity contribution is 6.74. The minimum Gasteiger partial charge on any atom is -0.413 e. The summed E-state index contributed by atoms with van der Waals surface area (Å²) in [6.07, 6.45) is 5.14. The molecule has 4 atom stereocenters. The van der Waals surface area contributed by atoms with E-state index in [0.29, 0.717) is 5.92 Å². The van der Waals surface area contributed by atoms with Crippen molar-refractivity contribution in [1.82, 2.24) is 0 Å². The van der Waals surface area contributed by atoms with Crippen LogP contribution in [0.3, 0.4) is 0 Å². The summed E-state index contributed by atoms with van der Waals surface area (Å²) in [4.78, 5) is 0. The average Bonchev–Trinajstić information content (AvgIpc) is 2.29. The van der Waals surface area contributed by atoms with Gasteiger partial charge in [-0.05, 0) is 37.4 Å². The Bertz CT molecular complexity index is 339. The van der Waals surface area contributed by atoms with Gasteiger partial charge in [-0.3, -0.25) is 0 Å². The van der Waals surface area contributed by atoms with Crippen LogP contribution in [0.4, 0.5) is 0 Å². The maximum atomic E-state index is 10.6. The third-order valence-corrected chi connectivity index (χ3v) is 9.67. The molecule has 1 aliphatic rings. The van der Waals surface area contributed by atoms with Crippen molar-refractivity contribution in [3.63, 3.8) is 0 Å². The summed E-state index contributed by atoms with van der Waals surface area (Å²) in [7, 11) is -1.81. The molecule has 0 aromatic heterocycles. The summed E-state index contributed by atoms with van der Waals surface area (Å²) < 4.78 is 6.61. The van der Waals surface area contributed by atoms with Crippen LogP contribution in [0, 0.1) is 11.8 Å². The molecular formula is C16H32O2Si. The van der Waals surface area contributed by atoms with Gasteiger partial charge in [0.15, 0.2) is 8.32 Å². The summed E-state index contributed by atoms with van der Waals surface area (Å²) in [6.45, 7) is 17.6. The lowest BCUT2D eigenvalue weighted by molar-refractivity contribution is -0.0503. The molecule has 0 aliphatic heterocycles. The SMILES string of the molecule is C[C@@H]1C=CC[C@@](C)(O)[C@H](C)[C@@H]1O[Si](C)(C)C(C)(C)C. The maximum Gasteiger partial charge on any atom is 0.192 e. The van der Waals surface area contributed by atoms with E-state index in [1.165, 1.54) is 0 Å². The van der Waals surface area contributed by atoms with Crippen molar-refractivity contribution in [2.45, 2.75) is 77.8 Å². The Morgan fingerprint density at radius 3 is 2.26 bits per heavy atom. The zero-order chi connectivity index (χ0) is 15.1. The number of rotatable bonds is 2. The van der Waals surface area contributed by atoms with E-state index in [-0.39, 0.29) is 17.1 Å². The van der Waals surface area contributed by atoms with Gasteiger partial charge in [0, 0.05) is 5.92 Å². The van der Waals surface area contributed by atoms with E-state index in [1.807, 2.05) is 6.92 Å². The van der Waals surface area contributed by atoms with Gasteiger partial charge in [-0.1, -0.05) is 46.8 Å². The van der Waals surface area contributed by atoms with Crippen LogP contribution < -0.4 is 0 Å². The monoisotopic (exact) mass is 284 g/mol. The highest BCUT2D eigenvalue weighted by Crippen LogP contribution is 2.41. The summed E-state index contributed by atoms with van der Waals surface area (Å²) >= 11 is 0. The molecule has 0 saturated carbocycles. The first kappa shape index (κ1) is 16.9. The number of hydrogen-bond acceptors (Lipinski definition) is 2. The largest absolute Gasteiger partial charge is 0.413 e. The van der Waals surface area contributed by atoms with Crippen LogP contribution in [-0.4, -0.2) is 25.1 Å². The molecule has 0 amide bonds. The lowest BCUT2D eigenvalue weighted by Gasteiger charge is -2.44. The predicted octanol–water partition coefficient (Wildman–Crippen LogP) is 4.36. The van der Waals surface area contributed by atoms with Gasteiger partial charge in [-0.25, -0.2) is 0 Å². The van der Waals surface area contributed by atoms with Crippen molar-refractivity contribution in [3.8, 4) is 0 Å². The fraction of sp³-hybridized carbons (Fsp3) is 0.875. The quantitative estimate of drug-likeness (QED) is 0.603. The molecule has 1 rings (SSSR count). The Morgan fingerprint density at radius 2 is 1.79 bits per heavy atom. The van der Waals surface area contributed by atoms with E-state index in [2.05, 4.69) is 59.9 Å². The van der Waals surface area contributed by atoms with Gasteiger partial charge < -0.3 is 9.53 Å². The van der Waals surface area contributed by atoms with E-state index >= 15 is 0 Å². The van der Waals surface area contributed by atoms with Crippen molar-refractivity contribution >= 4 is 8.32 Å². The Hall–Kier alpha value is -0.123. The van der Waals surface area contributed by atoms with Gasteiger partial charge in [0.25, 0.3) is 0 Å². The summed E-state index contributed by atoms with van der Waals surface area (Å²) in [6, 6.07) is 0. The zero-order valence-electron chi connectivity index (χ0n) is 13.9. The Morgan fingerprint density at radius 1 is 1.26 bits per heavy atom. The molecule has 112 valence electrons. The molecule has 0 spiro atoms. The molecule has 0 bridgehead atoms. The minimum atomic E-state index is -1.81. The first-order valence-corrected chi connectivity index (χ1v) is 10.4. The normalized spacial score (nSPS) is 37.2. The van der Waals surface area contributed by atoms with E-state index in [0.717, 1.165) is 6.42 Å². The molecule has 19 heavy (non-hydrogen) atoms. The Labute approximate surface area is 120 Å². The second kappa shape index (κ2) is 5.34. The van der Waals surface area contributed by atoms with Crippen LogP contribution in [-0.2, 0) is 4.43 Å². The van der Waals surface area contributed by atoms with E-state index < -0.39 is 13.9 Å². The summed E-state index contributed by atoms with van der Waals surface area (Å²) in [5, 5.41) is 10.8. The molecular weight excluding hydrogens is 252 g/mol. The van der Waals surface area contributed by atoms with Crippen LogP contribution in [0.1, 0.15) is 48.0 Å². The maximum absolute atomic E-state index is 10.6. The van der Waals surface area contributed by atoms with Gasteiger partial charge in [-0.15, -0.1) is 0 Å². The van der Waals surface area contributed by atoms with E-state index in [9.17, 15) is 5.11 Å². The van der Waals surface area contributed by atoms with Gasteiger partial charge in [0.1, 0.15) is 0 Å². The van der Waals surface area contributed by atoms with Crippen molar-refractivity contribution in [1.29, 1.82) is 0 Å². The van der Waals surface area contributed by atoms with Crippen LogP contribution in [0.2, 0.25) is 18.1 Å². The Balaban J connectivity index is 2.99. The summed E-state index contributed by atoms with van der Waals surface area (Å²) in [5.41, 5.74) is -0.672. The van der Waals surface area contributed by atoms with Crippen molar-refractivity contribution in [3.05, 3.63) is 12.2 Å². The molecule has 0 fully saturated rings. The molecule has 0 heterocycles. The standard InChI is InChI=1S/C16H32O2Si/c1-12-10-9-11-16(6,17)13(2)14(12)18-19(7,8)15(3,4)5/h9-10,12-14,17H,11H2,1-8H3/t12-,13-,14-,16-/m1/s1. The third kappa shape index (κ3) is 3.70. The minimum absolute atomic E-state index is 0.106. The van der Waals surface area contributed by atoms with Crippen molar-refractivity contribution in [2.24, 2.45) is 11.8 Å². The van der Waals surface area contributed by atoms with Crippen molar-refractivity contribution < 1.29 is 9.53 Å². The average molecular weight is 285 g/mol. The van der Waals surface area contributed by atoms with Gasteiger partial charge >= 0.3 is 0 Å². The van der Waals surface area contributed by atoms with Crippen LogP contribution >= 0.6 is 0 Å². The Kier molecular flexibility index (Phi) is 4.76. The molecule has 0 aromatic rings. The highest BCUT2D eigenvalue weighted by Gasteiger charge is 2.45. The molecule has 3 heteroatoms. The lowest BCUT2D eigenvalue weighted by atomic mass is 9.82. The van der Waals surface area contributed by atoms with Gasteiger partial charge in [0.2, 0.25) is 0 Å². The van der Waals surface area contributed by atoms with Gasteiger partial charge in [0.05, 0.1) is 11.7 Å². The molecule has 1 N–H and O–H groups in total. The van der Waals surface area contributed by atoms with E-state index in [1.54, 1.807) is 0 Å². The lowest BCUT2D eigenvalue weighted by Crippen LogP contribution is -2.50. The smallest absolute Gasteiger partial charge is 0.192 e. The third-order valence-electron chi connectivity index (χ3n) is 5.20. The van der Waals surface area contributed by atoms with Gasteiger partial charge in [-0.2, -0.15) is 0 Å². The molecule has 0 unspecified atom stereocenters. The second-order valence-electron chi connectivity index (χ2n) is 7.98. The van der Waals surface area contributed by atoms with Crippen LogP contribution in [0.15, 0.2) is 12.2 Å². The molecule has 1 aliphatic carbocycles. The number of aliphatic hydroxyl groups is 1. The van der Waals surface area contributed by atoms with E-state index in [4.69, 9.17) is 4.43 Å². The fourth-order valence-corrected chi connectivity index (χ4v) is 3.81. The topological polar surface area (TPSA) is 29.5 Å². The second-order valence-corrected chi connectivity index (χ2v) is 12.7. The molecule has 2 nitrogen and oxygen atoms in total. The number of hydrogen-bond donors (Lipinski definition) is 1. The predicted molar refractivity (Wildman–Crippen MR) is 84.8 cm³/mol.